The maximum Gasteiger partial charge on any atom is 0.231 e. The zero-order valence-electron chi connectivity index (χ0n) is 32.8. The van der Waals surface area contributed by atoms with Gasteiger partial charge in [-0.3, -0.25) is 14.5 Å². The molecule has 0 aromatic heterocycles. The molecule has 2 amide bonds. The van der Waals surface area contributed by atoms with Crippen LogP contribution in [-0.4, -0.2) is 100 Å². The Bertz CT molecular complexity index is 1710. The molecule has 6 heterocycles. The van der Waals surface area contributed by atoms with Gasteiger partial charge in [0.15, 0.2) is 24.4 Å². The molecule has 310 valence electrons. The van der Waals surface area contributed by atoms with Gasteiger partial charge in [0.05, 0.1) is 44.9 Å². The summed E-state index contributed by atoms with van der Waals surface area (Å²) in [5.74, 6) is -0.820. The highest BCUT2D eigenvalue weighted by atomic mass is 16.7. The monoisotopic (exact) mass is 780 g/mol. The summed E-state index contributed by atoms with van der Waals surface area (Å²) >= 11 is 0. The van der Waals surface area contributed by atoms with Gasteiger partial charge in [-0.15, -0.1) is 0 Å². The first-order valence-corrected chi connectivity index (χ1v) is 19.1. The second-order valence-corrected chi connectivity index (χ2v) is 18.2. The fourth-order valence-corrected chi connectivity index (χ4v) is 9.53. The predicted molar refractivity (Wildman–Crippen MR) is 209 cm³/mol. The minimum Gasteiger partial charge on any atom is -0.394 e. The van der Waals surface area contributed by atoms with Crippen molar-refractivity contribution in [2.45, 2.75) is 144 Å². The molecule has 8 rings (SSSR count). The number of hydrogen-bond donors (Lipinski definition) is 1. The number of aldehydes is 1. The van der Waals surface area contributed by atoms with E-state index in [-0.39, 0.29) is 69.5 Å². The van der Waals surface area contributed by atoms with Gasteiger partial charge < -0.3 is 43.2 Å². The lowest BCUT2D eigenvalue weighted by atomic mass is 9.77. The van der Waals surface area contributed by atoms with Gasteiger partial charge in [-0.25, -0.2) is 0 Å². The number of carbonyl (C=O) groups is 3. The zero-order valence-corrected chi connectivity index (χ0v) is 32.8. The van der Waals surface area contributed by atoms with Crippen molar-refractivity contribution in [3.63, 3.8) is 0 Å². The molecule has 6 aliphatic rings. The quantitative estimate of drug-likeness (QED) is 0.315. The van der Waals surface area contributed by atoms with Crippen molar-refractivity contribution >= 4 is 18.1 Å². The van der Waals surface area contributed by atoms with Gasteiger partial charge in [0.2, 0.25) is 11.8 Å². The summed E-state index contributed by atoms with van der Waals surface area (Å²) in [6, 6.07) is 19.7. The Balaban J connectivity index is 0.000000207. The van der Waals surface area contributed by atoms with Gasteiger partial charge in [-0.1, -0.05) is 117 Å². The van der Waals surface area contributed by atoms with Crippen LogP contribution in [0.15, 0.2) is 60.7 Å². The fourth-order valence-electron chi connectivity index (χ4n) is 9.53. The van der Waals surface area contributed by atoms with E-state index < -0.39 is 47.0 Å². The average Bonchev–Trinajstić information content (AvgIpc) is 3.95. The first-order chi connectivity index (χ1) is 25.5. The lowest BCUT2D eigenvalue weighted by Crippen LogP contribution is -2.61. The normalized spacial score (nSPS) is 36.9. The van der Waals surface area contributed by atoms with Gasteiger partial charge in [0.1, 0.15) is 29.2 Å². The largest absolute Gasteiger partial charge is 0.394 e. The van der Waals surface area contributed by atoms with Crippen molar-refractivity contribution in [3.8, 4) is 0 Å². The number of amides is 2. The molecule has 0 aliphatic carbocycles. The standard InChI is InChI=1S/C21H29NO5.C21H27NO5.2CH4/c2*1-19(2,3)18-22-17(24)15-10-16(25-11-14-8-6-5-7-9-14)27-20(15,4)21(22,12-23)13-26-18;;/h5-9,15-16,18,23H,10-13H2,1-4H3;5-9,12,15-16,18H,10-11,13H2,1-4H3;2*1H4/t2*15-,16-,18-,20-,21-;;/m00../s1. The first kappa shape index (κ1) is 43.9. The summed E-state index contributed by atoms with van der Waals surface area (Å²) < 4.78 is 36.4. The molecule has 12 heteroatoms. The van der Waals surface area contributed by atoms with E-state index in [1.54, 1.807) is 9.80 Å². The highest BCUT2D eigenvalue weighted by Gasteiger charge is 2.76. The molecule has 2 aromatic carbocycles. The van der Waals surface area contributed by atoms with E-state index in [2.05, 4.69) is 0 Å². The third-order valence-electron chi connectivity index (χ3n) is 12.6. The molecular formula is C44H64N2O10. The third-order valence-corrected chi connectivity index (χ3v) is 12.6. The molecule has 0 saturated carbocycles. The van der Waals surface area contributed by atoms with E-state index in [0.29, 0.717) is 26.1 Å². The first-order valence-electron chi connectivity index (χ1n) is 19.1. The molecule has 1 N–H and O–H groups in total. The van der Waals surface area contributed by atoms with Crippen LogP contribution in [0.3, 0.4) is 0 Å². The number of rotatable bonds is 8. The third kappa shape index (κ3) is 6.72. The molecule has 6 fully saturated rings. The van der Waals surface area contributed by atoms with Crippen LogP contribution in [0.5, 0.6) is 0 Å². The molecule has 6 aliphatic heterocycles. The number of aliphatic hydroxyl groups excluding tert-OH is 1. The molecule has 0 spiro atoms. The smallest absolute Gasteiger partial charge is 0.231 e. The number of benzene rings is 2. The summed E-state index contributed by atoms with van der Waals surface area (Å²) in [6.07, 6.45) is -0.00414. The number of hydrogen-bond acceptors (Lipinski definition) is 10. The minimum atomic E-state index is -1.10. The van der Waals surface area contributed by atoms with Crippen molar-refractivity contribution in [3.05, 3.63) is 71.8 Å². The lowest BCUT2D eigenvalue weighted by Gasteiger charge is -2.42. The van der Waals surface area contributed by atoms with Crippen molar-refractivity contribution in [2.75, 3.05) is 19.8 Å². The Hall–Kier alpha value is -3.23. The molecule has 0 radical (unpaired) electrons. The van der Waals surface area contributed by atoms with Crippen LogP contribution < -0.4 is 0 Å². The Morgan fingerprint density at radius 3 is 1.61 bits per heavy atom. The highest BCUT2D eigenvalue weighted by Crippen LogP contribution is 2.58. The van der Waals surface area contributed by atoms with Crippen molar-refractivity contribution < 1.29 is 47.9 Å². The van der Waals surface area contributed by atoms with Crippen LogP contribution >= 0.6 is 0 Å². The van der Waals surface area contributed by atoms with E-state index in [0.717, 1.165) is 17.4 Å². The Morgan fingerprint density at radius 1 is 0.714 bits per heavy atom. The second-order valence-electron chi connectivity index (χ2n) is 18.2. The van der Waals surface area contributed by atoms with Crippen LogP contribution in [0, 0.1) is 22.7 Å². The summed E-state index contributed by atoms with van der Waals surface area (Å²) in [4.78, 5) is 42.2. The van der Waals surface area contributed by atoms with E-state index in [1.807, 2.05) is 116 Å². The number of aliphatic hydroxyl groups is 1. The topological polar surface area (TPSA) is 133 Å². The molecule has 0 bridgehead atoms. The van der Waals surface area contributed by atoms with Gasteiger partial charge in [-0.2, -0.15) is 0 Å². The molecular weight excluding hydrogens is 716 g/mol. The van der Waals surface area contributed by atoms with Crippen molar-refractivity contribution in [1.82, 2.24) is 9.80 Å². The van der Waals surface area contributed by atoms with Crippen molar-refractivity contribution in [2.24, 2.45) is 22.7 Å². The van der Waals surface area contributed by atoms with Gasteiger partial charge in [0, 0.05) is 23.7 Å². The number of nitrogens with zero attached hydrogens (tertiary/aromatic N) is 2. The zero-order chi connectivity index (χ0) is 38.9. The van der Waals surface area contributed by atoms with Crippen LogP contribution in [0.1, 0.15) is 94.2 Å². The Morgan fingerprint density at radius 2 is 1.14 bits per heavy atom. The Kier molecular flexibility index (Phi) is 12.2. The second kappa shape index (κ2) is 15.5. The Labute approximate surface area is 333 Å². The SMILES string of the molecule is C.C.CC(C)(C)[C@@H]1OC[C@]2(C=O)N1C(=O)[C@@H]1C[C@@H](OCc3ccccc3)O[C@@]12C.CC(C)(C)[C@@H]1OC[C@]2(CO)N1C(=O)[C@@H]1C[C@@H](OCc3ccccc3)O[C@@]12C. The van der Waals surface area contributed by atoms with E-state index in [9.17, 15) is 19.5 Å². The predicted octanol–water partition coefficient (Wildman–Crippen LogP) is 6.08. The highest BCUT2D eigenvalue weighted by molar-refractivity contribution is 5.92. The molecule has 12 nitrogen and oxygen atoms in total. The van der Waals surface area contributed by atoms with Crippen LogP contribution in [0.4, 0.5) is 0 Å². The molecule has 10 atom stereocenters. The number of fused-ring (bicyclic) bond motifs is 6. The van der Waals surface area contributed by atoms with Gasteiger partial charge in [0.25, 0.3) is 0 Å². The fraction of sp³-hybridized carbons (Fsp3) is 0.659. The molecule has 2 aromatic rings. The molecule has 56 heavy (non-hydrogen) atoms. The lowest BCUT2D eigenvalue weighted by molar-refractivity contribution is -0.202. The minimum absolute atomic E-state index is 0. The summed E-state index contributed by atoms with van der Waals surface area (Å²) in [5.41, 5.74) is -2.19. The number of carbonyl (C=O) groups excluding carboxylic acids is 3. The van der Waals surface area contributed by atoms with Crippen molar-refractivity contribution in [1.29, 1.82) is 0 Å². The summed E-state index contributed by atoms with van der Waals surface area (Å²) in [7, 11) is 0. The van der Waals surface area contributed by atoms with Crippen LogP contribution in [-0.2, 0) is 56.0 Å². The van der Waals surface area contributed by atoms with E-state index in [1.165, 1.54) is 0 Å². The maximum atomic E-state index is 13.3. The maximum absolute atomic E-state index is 13.3. The van der Waals surface area contributed by atoms with E-state index >= 15 is 0 Å². The van der Waals surface area contributed by atoms with Gasteiger partial charge in [-0.05, 0) is 25.0 Å². The molecule has 0 unspecified atom stereocenters. The summed E-state index contributed by atoms with van der Waals surface area (Å²) in [6.45, 7) is 17.0. The van der Waals surface area contributed by atoms with Gasteiger partial charge >= 0.3 is 0 Å². The summed E-state index contributed by atoms with van der Waals surface area (Å²) in [5, 5.41) is 10.3. The average molecular weight is 781 g/mol. The molecule has 6 saturated heterocycles. The van der Waals surface area contributed by atoms with Crippen LogP contribution in [0.2, 0.25) is 0 Å². The number of ether oxygens (including phenoxy) is 6. The van der Waals surface area contributed by atoms with E-state index in [4.69, 9.17) is 28.4 Å². The van der Waals surface area contributed by atoms with Crippen LogP contribution in [0.25, 0.3) is 0 Å².